The van der Waals surface area contributed by atoms with E-state index in [0.29, 0.717) is 31.3 Å². The van der Waals surface area contributed by atoms with Crippen LogP contribution in [0, 0.1) is 0 Å². The normalized spacial score (nSPS) is 12.1. The highest BCUT2D eigenvalue weighted by Gasteiger charge is 2.04. The second-order valence-electron chi connectivity index (χ2n) is 4.29. The number of nitrogens with one attached hydrogen (secondary N) is 2. The van der Waals surface area contributed by atoms with Gasteiger partial charge in [0.15, 0.2) is 0 Å². The van der Waals surface area contributed by atoms with Crippen molar-refractivity contribution < 1.29 is 14.6 Å². The summed E-state index contributed by atoms with van der Waals surface area (Å²) in [7, 11) is 0. The van der Waals surface area contributed by atoms with Gasteiger partial charge < -0.3 is 26.2 Å². The Morgan fingerprint density at radius 3 is 2.70 bits per heavy atom. The maximum absolute atomic E-state index is 10.4. The molecule has 1 aromatic carbocycles. The van der Waals surface area contributed by atoms with E-state index >= 15 is 0 Å². The van der Waals surface area contributed by atoms with Crippen LogP contribution in [0.5, 0.6) is 0 Å². The molecule has 20 heavy (non-hydrogen) atoms. The van der Waals surface area contributed by atoms with Crippen molar-refractivity contribution in [2.24, 2.45) is 5.73 Å². The molecule has 0 aliphatic heterocycles. The SMILES string of the molecule is NC(=O)NCCNCC(O)COCc1ccc(Cl)cc1. The van der Waals surface area contributed by atoms with Crippen molar-refractivity contribution in [3.8, 4) is 0 Å². The Labute approximate surface area is 123 Å². The molecular formula is C13H20ClN3O3. The van der Waals surface area contributed by atoms with Gasteiger partial charge in [-0.3, -0.25) is 0 Å². The van der Waals surface area contributed by atoms with Crippen LogP contribution in [0.15, 0.2) is 24.3 Å². The van der Waals surface area contributed by atoms with Crippen molar-refractivity contribution in [2.45, 2.75) is 12.7 Å². The molecule has 0 aliphatic carbocycles. The fourth-order valence-electron chi connectivity index (χ4n) is 1.50. The summed E-state index contributed by atoms with van der Waals surface area (Å²) in [6, 6.07) is 6.79. The predicted molar refractivity (Wildman–Crippen MR) is 77.6 cm³/mol. The minimum Gasteiger partial charge on any atom is -0.389 e. The van der Waals surface area contributed by atoms with Crippen molar-refractivity contribution in [1.82, 2.24) is 10.6 Å². The second kappa shape index (κ2) is 9.55. The van der Waals surface area contributed by atoms with E-state index in [9.17, 15) is 9.90 Å². The lowest BCUT2D eigenvalue weighted by Gasteiger charge is -2.12. The number of aliphatic hydroxyl groups excluding tert-OH is 1. The van der Waals surface area contributed by atoms with Gasteiger partial charge in [0.1, 0.15) is 0 Å². The molecule has 0 fully saturated rings. The average Bonchev–Trinajstić information content (AvgIpc) is 2.40. The van der Waals surface area contributed by atoms with Crippen LogP contribution < -0.4 is 16.4 Å². The zero-order valence-electron chi connectivity index (χ0n) is 11.1. The predicted octanol–water partition coefficient (Wildman–Crippen LogP) is 0.475. The number of halogens is 1. The molecule has 5 N–H and O–H groups in total. The van der Waals surface area contributed by atoms with Gasteiger partial charge >= 0.3 is 6.03 Å². The largest absolute Gasteiger partial charge is 0.389 e. The van der Waals surface area contributed by atoms with Gasteiger partial charge in [-0.15, -0.1) is 0 Å². The van der Waals surface area contributed by atoms with Gasteiger partial charge in [0.05, 0.1) is 19.3 Å². The monoisotopic (exact) mass is 301 g/mol. The Bertz CT molecular complexity index is 400. The minimum absolute atomic E-state index is 0.235. The first-order valence-corrected chi connectivity index (χ1v) is 6.70. The van der Waals surface area contributed by atoms with Crippen molar-refractivity contribution in [2.75, 3.05) is 26.2 Å². The number of nitrogens with two attached hydrogens (primary N) is 1. The van der Waals surface area contributed by atoms with E-state index < -0.39 is 12.1 Å². The van der Waals surface area contributed by atoms with Crippen LogP contribution in [0.2, 0.25) is 5.02 Å². The lowest BCUT2D eigenvalue weighted by Crippen LogP contribution is -2.38. The molecule has 0 saturated carbocycles. The summed E-state index contributed by atoms with van der Waals surface area (Å²) in [5.74, 6) is 0. The van der Waals surface area contributed by atoms with E-state index in [4.69, 9.17) is 22.1 Å². The van der Waals surface area contributed by atoms with Gasteiger partial charge in [-0.1, -0.05) is 23.7 Å². The van der Waals surface area contributed by atoms with Crippen molar-refractivity contribution in [1.29, 1.82) is 0 Å². The Balaban J connectivity index is 2.03. The van der Waals surface area contributed by atoms with Gasteiger partial charge in [-0.2, -0.15) is 0 Å². The average molecular weight is 302 g/mol. The molecular weight excluding hydrogens is 282 g/mol. The molecule has 0 radical (unpaired) electrons. The van der Waals surface area contributed by atoms with Crippen LogP contribution in [-0.2, 0) is 11.3 Å². The fraction of sp³-hybridized carbons (Fsp3) is 0.462. The van der Waals surface area contributed by atoms with Crippen LogP contribution in [0.25, 0.3) is 0 Å². The molecule has 0 aliphatic rings. The van der Waals surface area contributed by atoms with Gasteiger partial charge in [0.25, 0.3) is 0 Å². The molecule has 0 aromatic heterocycles. The first-order chi connectivity index (χ1) is 9.58. The van der Waals surface area contributed by atoms with Crippen LogP contribution >= 0.6 is 11.6 Å². The third kappa shape index (κ3) is 7.96. The fourth-order valence-corrected chi connectivity index (χ4v) is 1.62. The Hall–Kier alpha value is -1.34. The molecule has 0 heterocycles. The van der Waals surface area contributed by atoms with Gasteiger partial charge in [0.2, 0.25) is 0 Å². The van der Waals surface area contributed by atoms with Crippen molar-refractivity contribution >= 4 is 17.6 Å². The Morgan fingerprint density at radius 1 is 1.35 bits per heavy atom. The number of hydrogen-bond donors (Lipinski definition) is 4. The third-order valence-electron chi connectivity index (χ3n) is 2.47. The zero-order chi connectivity index (χ0) is 14.8. The molecule has 7 heteroatoms. The molecule has 0 bridgehead atoms. The second-order valence-corrected chi connectivity index (χ2v) is 4.73. The van der Waals surface area contributed by atoms with Gasteiger partial charge in [-0.25, -0.2) is 4.79 Å². The van der Waals surface area contributed by atoms with Crippen molar-refractivity contribution in [3.05, 3.63) is 34.9 Å². The smallest absolute Gasteiger partial charge is 0.312 e. The number of hydrogen-bond acceptors (Lipinski definition) is 4. The van der Waals surface area contributed by atoms with Gasteiger partial charge in [0, 0.05) is 24.7 Å². The highest BCUT2D eigenvalue weighted by Crippen LogP contribution is 2.10. The number of carbonyl (C=O) groups excluding carboxylic acids is 1. The minimum atomic E-state index is -0.601. The molecule has 2 amide bonds. The molecule has 1 aromatic rings. The van der Waals surface area contributed by atoms with Crippen LogP contribution in [-0.4, -0.2) is 43.5 Å². The summed E-state index contributed by atoms with van der Waals surface area (Å²) >= 11 is 5.78. The number of aliphatic hydroxyl groups is 1. The molecule has 1 rings (SSSR count). The molecule has 1 unspecified atom stereocenters. The van der Waals surface area contributed by atoms with Gasteiger partial charge in [-0.05, 0) is 17.7 Å². The zero-order valence-corrected chi connectivity index (χ0v) is 11.9. The van der Waals surface area contributed by atoms with E-state index in [-0.39, 0.29) is 6.61 Å². The number of benzene rings is 1. The van der Waals surface area contributed by atoms with Crippen LogP contribution in [0.1, 0.15) is 5.56 Å². The number of rotatable bonds is 9. The molecule has 6 nitrogen and oxygen atoms in total. The molecule has 0 spiro atoms. The van der Waals surface area contributed by atoms with Crippen LogP contribution in [0.3, 0.4) is 0 Å². The topological polar surface area (TPSA) is 96.6 Å². The van der Waals surface area contributed by atoms with Crippen LogP contribution in [0.4, 0.5) is 4.79 Å². The Kier molecular flexibility index (Phi) is 7.98. The van der Waals surface area contributed by atoms with Crippen molar-refractivity contribution in [3.63, 3.8) is 0 Å². The summed E-state index contributed by atoms with van der Waals surface area (Å²) in [6.45, 7) is 2.02. The quantitative estimate of drug-likeness (QED) is 0.499. The number of ether oxygens (including phenoxy) is 1. The highest BCUT2D eigenvalue weighted by atomic mass is 35.5. The first-order valence-electron chi connectivity index (χ1n) is 6.32. The third-order valence-corrected chi connectivity index (χ3v) is 2.73. The summed E-state index contributed by atoms with van der Waals surface area (Å²) in [5.41, 5.74) is 5.91. The standard InChI is InChI=1S/C13H20ClN3O3/c14-11-3-1-10(2-4-11)8-20-9-12(18)7-16-5-6-17-13(15)19/h1-4,12,16,18H,5-9H2,(H3,15,17,19). The van der Waals surface area contributed by atoms with E-state index in [0.717, 1.165) is 5.56 Å². The summed E-state index contributed by atoms with van der Waals surface area (Å²) in [5, 5.41) is 15.8. The highest BCUT2D eigenvalue weighted by molar-refractivity contribution is 6.30. The first kappa shape index (κ1) is 16.7. The molecule has 112 valence electrons. The Morgan fingerprint density at radius 2 is 2.05 bits per heavy atom. The summed E-state index contributed by atoms with van der Waals surface area (Å²) < 4.78 is 5.39. The summed E-state index contributed by atoms with van der Waals surface area (Å²) in [4.78, 5) is 10.4. The van der Waals surface area contributed by atoms with E-state index in [1.807, 2.05) is 12.1 Å². The van der Waals surface area contributed by atoms with E-state index in [1.165, 1.54) is 0 Å². The van der Waals surface area contributed by atoms with E-state index in [1.54, 1.807) is 12.1 Å². The number of urea groups is 1. The number of primary amides is 1. The maximum Gasteiger partial charge on any atom is 0.312 e. The summed E-state index contributed by atoms with van der Waals surface area (Å²) in [6.07, 6.45) is -0.601. The number of amides is 2. The maximum atomic E-state index is 10.4. The number of carbonyl (C=O) groups is 1. The molecule has 1 atom stereocenters. The lowest BCUT2D eigenvalue weighted by atomic mass is 10.2. The molecule has 0 saturated heterocycles. The lowest BCUT2D eigenvalue weighted by molar-refractivity contribution is 0.0290. The van der Waals surface area contributed by atoms with E-state index in [2.05, 4.69) is 10.6 Å².